The fourth-order valence-electron chi connectivity index (χ4n) is 1.05. The van der Waals surface area contributed by atoms with Crippen molar-refractivity contribution in [2.45, 2.75) is 39.2 Å². The van der Waals surface area contributed by atoms with Gasteiger partial charge in [0.15, 0.2) is 6.19 Å². The third kappa shape index (κ3) is 3.25. The van der Waals surface area contributed by atoms with Crippen molar-refractivity contribution in [1.29, 1.82) is 10.5 Å². The molecule has 0 fully saturated rings. The van der Waals surface area contributed by atoms with Crippen LogP contribution in [0.1, 0.15) is 33.1 Å². The molecule has 0 aromatic rings. The maximum absolute atomic E-state index is 8.74. The van der Waals surface area contributed by atoms with E-state index < -0.39 is 0 Å². The summed E-state index contributed by atoms with van der Waals surface area (Å²) < 4.78 is 0. The van der Waals surface area contributed by atoms with Crippen molar-refractivity contribution < 1.29 is 0 Å². The molecule has 0 aliphatic carbocycles. The zero-order chi connectivity index (χ0) is 9.40. The molecule has 0 heterocycles. The molecule has 0 N–H and O–H groups in total. The molecule has 0 saturated carbocycles. The van der Waals surface area contributed by atoms with Gasteiger partial charge in [-0.05, 0) is 13.3 Å². The second kappa shape index (κ2) is 6.49. The number of nitriles is 2. The summed E-state index contributed by atoms with van der Waals surface area (Å²) in [5.41, 5.74) is 0. The molecule has 0 amide bonds. The minimum atomic E-state index is -0.222. The van der Waals surface area contributed by atoms with Crippen LogP contribution in [0, 0.1) is 22.8 Å². The third-order valence-electron chi connectivity index (χ3n) is 1.83. The van der Waals surface area contributed by atoms with E-state index in [1.54, 1.807) is 0 Å². The van der Waals surface area contributed by atoms with Gasteiger partial charge in [-0.1, -0.05) is 19.8 Å². The largest absolute Gasteiger partial charge is 0.294 e. The maximum atomic E-state index is 8.74. The highest BCUT2D eigenvalue weighted by molar-refractivity contribution is 4.96. The lowest BCUT2D eigenvalue weighted by molar-refractivity contribution is 0.335. The molecule has 12 heavy (non-hydrogen) atoms. The lowest BCUT2D eigenvalue weighted by atomic mass is 10.1. The summed E-state index contributed by atoms with van der Waals surface area (Å²) in [6.07, 6.45) is 4.90. The van der Waals surface area contributed by atoms with Gasteiger partial charge in [0, 0.05) is 6.54 Å². The van der Waals surface area contributed by atoms with Gasteiger partial charge in [0.05, 0.1) is 6.07 Å². The quantitative estimate of drug-likeness (QED) is 0.461. The van der Waals surface area contributed by atoms with E-state index in [-0.39, 0.29) is 6.04 Å². The van der Waals surface area contributed by atoms with Gasteiger partial charge < -0.3 is 0 Å². The van der Waals surface area contributed by atoms with Gasteiger partial charge in [-0.3, -0.25) is 4.90 Å². The molecule has 0 aliphatic rings. The van der Waals surface area contributed by atoms with Crippen LogP contribution in [0.3, 0.4) is 0 Å². The number of hydrogen-bond acceptors (Lipinski definition) is 3. The number of unbranched alkanes of at least 4 members (excludes halogenated alkanes) is 1. The summed E-state index contributed by atoms with van der Waals surface area (Å²) >= 11 is 0. The number of rotatable bonds is 5. The van der Waals surface area contributed by atoms with Crippen LogP contribution in [0.5, 0.6) is 0 Å². The smallest absolute Gasteiger partial charge is 0.180 e. The zero-order valence-electron chi connectivity index (χ0n) is 7.75. The van der Waals surface area contributed by atoms with Gasteiger partial charge in [0.25, 0.3) is 0 Å². The van der Waals surface area contributed by atoms with E-state index in [0.717, 1.165) is 19.3 Å². The van der Waals surface area contributed by atoms with Crippen LogP contribution < -0.4 is 0 Å². The predicted molar refractivity (Wildman–Crippen MR) is 46.9 cm³/mol. The first-order valence-electron chi connectivity index (χ1n) is 4.36. The lowest BCUT2D eigenvalue weighted by Gasteiger charge is -2.18. The summed E-state index contributed by atoms with van der Waals surface area (Å²) in [6.45, 7) is 4.59. The Labute approximate surface area is 74.2 Å². The summed E-state index contributed by atoms with van der Waals surface area (Å²) in [5.74, 6) is 0. The van der Waals surface area contributed by atoms with Crippen molar-refractivity contribution in [2.24, 2.45) is 0 Å². The van der Waals surface area contributed by atoms with E-state index in [0.29, 0.717) is 6.54 Å². The summed E-state index contributed by atoms with van der Waals surface area (Å²) in [6, 6.07) is 1.92. The van der Waals surface area contributed by atoms with Gasteiger partial charge in [-0.25, -0.2) is 0 Å². The fourth-order valence-corrected chi connectivity index (χ4v) is 1.05. The molecule has 3 heteroatoms. The highest BCUT2D eigenvalue weighted by Gasteiger charge is 2.13. The molecule has 0 saturated heterocycles. The Morgan fingerprint density at radius 3 is 2.33 bits per heavy atom. The Morgan fingerprint density at radius 1 is 1.33 bits per heavy atom. The SMILES string of the molecule is CCCCC(C#N)N(C#N)CC. The summed E-state index contributed by atoms with van der Waals surface area (Å²) in [4.78, 5) is 1.52. The van der Waals surface area contributed by atoms with Crippen LogP contribution in [-0.4, -0.2) is 17.5 Å². The van der Waals surface area contributed by atoms with E-state index in [4.69, 9.17) is 10.5 Å². The van der Waals surface area contributed by atoms with Crippen molar-refractivity contribution >= 4 is 0 Å². The van der Waals surface area contributed by atoms with Crippen LogP contribution in [0.4, 0.5) is 0 Å². The van der Waals surface area contributed by atoms with Crippen molar-refractivity contribution in [3.8, 4) is 12.3 Å². The Kier molecular flexibility index (Phi) is 5.83. The molecular weight excluding hydrogens is 150 g/mol. The predicted octanol–water partition coefficient (Wildman–Crippen LogP) is 1.87. The monoisotopic (exact) mass is 165 g/mol. The van der Waals surface area contributed by atoms with Crippen molar-refractivity contribution in [1.82, 2.24) is 4.90 Å². The Hall–Kier alpha value is -1.22. The first-order valence-corrected chi connectivity index (χ1v) is 4.36. The van der Waals surface area contributed by atoms with Gasteiger partial charge in [0.1, 0.15) is 6.04 Å². The minimum absolute atomic E-state index is 0.222. The van der Waals surface area contributed by atoms with Crippen LogP contribution in [0.2, 0.25) is 0 Å². The molecule has 0 aromatic carbocycles. The average Bonchev–Trinajstić information content (AvgIpc) is 2.12. The van der Waals surface area contributed by atoms with E-state index in [9.17, 15) is 0 Å². The number of nitrogens with zero attached hydrogens (tertiary/aromatic N) is 3. The fraction of sp³-hybridized carbons (Fsp3) is 0.778. The standard InChI is InChI=1S/C9H15N3/c1-3-5-6-9(7-10)12(4-2)8-11/h9H,3-6H2,1-2H3. The molecule has 1 atom stereocenters. The molecule has 0 rings (SSSR count). The highest BCUT2D eigenvalue weighted by Crippen LogP contribution is 2.06. The Balaban J connectivity index is 3.98. The van der Waals surface area contributed by atoms with E-state index >= 15 is 0 Å². The van der Waals surface area contributed by atoms with Gasteiger partial charge in [0.2, 0.25) is 0 Å². The lowest BCUT2D eigenvalue weighted by Crippen LogP contribution is -2.29. The van der Waals surface area contributed by atoms with Crippen molar-refractivity contribution in [3.05, 3.63) is 0 Å². The van der Waals surface area contributed by atoms with Crippen molar-refractivity contribution in [3.63, 3.8) is 0 Å². The van der Waals surface area contributed by atoms with Crippen LogP contribution >= 0.6 is 0 Å². The molecule has 0 bridgehead atoms. The normalized spacial score (nSPS) is 11.3. The van der Waals surface area contributed by atoms with E-state index in [1.165, 1.54) is 4.90 Å². The van der Waals surface area contributed by atoms with Crippen LogP contribution in [0.15, 0.2) is 0 Å². The molecule has 66 valence electrons. The highest BCUT2D eigenvalue weighted by atomic mass is 15.1. The second-order valence-electron chi connectivity index (χ2n) is 2.67. The third-order valence-corrected chi connectivity index (χ3v) is 1.83. The molecule has 0 radical (unpaired) electrons. The van der Waals surface area contributed by atoms with Crippen LogP contribution in [0.25, 0.3) is 0 Å². The molecule has 3 nitrogen and oxygen atoms in total. The molecule has 1 unspecified atom stereocenters. The topological polar surface area (TPSA) is 50.8 Å². The Morgan fingerprint density at radius 2 is 2.00 bits per heavy atom. The van der Waals surface area contributed by atoms with Gasteiger partial charge >= 0.3 is 0 Å². The molecular formula is C9H15N3. The first-order chi connectivity index (χ1) is 5.79. The summed E-state index contributed by atoms with van der Waals surface area (Å²) in [7, 11) is 0. The minimum Gasteiger partial charge on any atom is -0.294 e. The maximum Gasteiger partial charge on any atom is 0.180 e. The van der Waals surface area contributed by atoms with Crippen molar-refractivity contribution in [2.75, 3.05) is 6.54 Å². The molecule has 0 aliphatic heterocycles. The van der Waals surface area contributed by atoms with E-state index in [2.05, 4.69) is 13.0 Å². The molecule has 0 aromatic heterocycles. The van der Waals surface area contributed by atoms with Gasteiger partial charge in [-0.2, -0.15) is 10.5 Å². The van der Waals surface area contributed by atoms with Gasteiger partial charge in [-0.15, -0.1) is 0 Å². The molecule has 0 spiro atoms. The van der Waals surface area contributed by atoms with Crippen LogP contribution in [-0.2, 0) is 0 Å². The van der Waals surface area contributed by atoms with E-state index in [1.807, 2.05) is 13.1 Å². The summed E-state index contributed by atoms with van der Waals surface area (Å²) in [5, 5.41) is 17.4. The Bertz CT molecular complexity index is 187. The second-order valence-corrected chi connectivity index (χ2v) is 2.67. The number of hydrogen-bond donors (Lipinski definition) is 0. The average molecular weight is 165 g/mol. The zero-order valence-corrected chi connectivity index (χ0v) is 7.75. The first kappa shape index (κ1) is 10.8.